The van der Waals surface area contributed by atoms with Crippen molar-refractivity contribution in [3.8, 4) is 17.0 Å². The highest BCUT2D eigenvalue weighted by Gasteiger charge is 2.07. The summed E-state index contributed by atoms with van der Waals surface area (Å²) in [6.07, 6.45) is 1.92. The minimum atomic E-state index is -2.81. The lowest BCUT2D eigenvalue weighted by molar-refractivity contribution is -0.0498. The molecule has 3 aromatic rings. The van der Waals surface area contributed by atoms with E-state index in [-0.39, 0.29) is 5.75 Å². The maximum absolute atomic E-state index is 12.1. The van der Waals surface area contributed by atoms with Crippen molar-refractivity contribution in [3.63, 3.8) is 0 Å². The smallest absolute Gasteiger partial charge is 0.387 e. The lowest BCUT2D eigenvalue weighted by Crippen LogP contribution is -2.01. The van der Waals surface area contributed by atoms with E-state index in [0.29, 0.717) is 0 Å². The van der Waals surface area contributed by atoms with E-state index >= 15 is 0 Å². The number of pyridine rings is 1. The number of aromatic nitrogens is 2. The Labute approximate surface area is 114 Å². The van der Waals surface area contributed by atoms with Gasteiger partial charge in [0.15, 0.2) is 0 Å². The van der Waals surface area contributed by atoms with E-state index in [1.807, 2.05) is 35.7 Å². The number of alkyl halides is 2. The van der Waals surface area contributed by atoms with Gasteiger partial charge in [-0.15, -0.1) is 0 Å². The van der Waals surface area contributed by atoms with Crippen molar-refractivity contribution in [2.75, 3.05) is 0 Å². The highest BCUT2D eigenvalue weighted by molar-refractivity contribution is 5.63. The second kappa shape index (κ2) is 4.92. The quantitative estimate of drug-likeness (QED) is 0.724. The normalized spacial score (nSPS) is 11.2. The molecule has 3 rings (SSSR count). The zero-order valence-electron chi connectivity index (χ0n) is 10.8. The Balaban J connectivity index is 1.96. The van der Waals surface area contributed by atoms with E-state index < -0.39 is 6.61 Å². The van der Waals surface area contributed by atoms with Gasteiger partial charge in [-0.05, 0) is 43.3 Å². The number of aryl methyl sites for hydroxylation is 1. The summed E-state index contributed by atoms with van der Waals surface area (Å²) in [7, 11) is 0. The zero-order chi connectivity index (χ0) is 14.1. The minimum absolute atomic E-state index is 0.142. The van der Waals surface area contributed by atoms with Gasteiger partial charge in [-0.25, -0.2) is 4.98 Å². The van der Waals surface area contributed by atoms with Crippen LogP contribution in [-0.2, 0) is 0 Å². The number of fused-ring (bicyclic) bond motifs is 1. The van der Waals surface area contributed by atoms with E-state index in [0.717, 1.165) is 22.6 Å². The van der Waals surface area contributed by atoms with Crippen molar-refractivity contribution in [1.82, 2.24) is 9.38 Å². The molecule has 2 aromatic heterocycles. The molecule has 1 aromatic carbocycles. The number of rotatable bonds is 3. The fraction of sp³-hybridized carbons (Fsp3) is 0.133. The second-order valence-corrected chi connectivity index (χ2v) is 4.42. The molecule has 0 saturated carbocycles. The topological polar surface area (TPSA) is 26.5 Å². The molecule has 0 radical (unpaired) electrons. The highest BCUT2D eigenvalue weighted by atomic mass is 19.3. The zero-order valence-corrected chi connectivity index (χ0v) is 10.8. The van der Waals surface area contributed by atoms with Crippen LogP contribution >= 0.6 is 0 Å². The Morgan fingerprint density at radius 1 is 1.10 bits per heavy atom. The Morgan fingerprint density at radius 2 is 1.85 bits per heavy atom. The van der Waals surface area contributed by atoms with Crippen LogP contribution in [0, 0.1) is 6.92 Å². The largest absolute Gasteiger partial charge is 0.435 e. The molecular weight excluding hydrogens is 262 g/mol. The van der Waals surface area contributed by atoms with Gasteiger partial charge in [-0.1, -0.05) is 6.07 Å². The van der Waals surface area contributed by atoms with Gasteiger partial charge in [0.1, 0.15) is 11.4 Å². The number of hydrogen-bond donors (Lipinski definition) is 0. The summed E-state index contributed by atoms with van der Waals surface area (Å²) in [5.41, 5.74) is 3.59. The highest BCUT2D eigenvalue weighted by Crippen LogP contribution is 2.23. The number of nitrogens with zero attached hydrogens (tertiary/aromatic N) is 2. The average molecular weight is 274 g/mol. The summed E-state index contributed by atoms with van der Waals surface area (Å²) in [6, 6.07) is 12.3. The minimum Gasteiger partial charge on any atom is -0.435 e. The van der Waals surface area contributed by atoms with Crippen LogP contribution in [0.25, 0.3) is 16.9 Å². The van der Waals surface area contributed by atoms with Gasteiger partial charge in [0, 0.05) is 17.5 Å². The summed E-state index contributed by atoms with van der Waals surface area (Å²) in [5, 5.41) is 0. The molecule has 0 bridgehead atoms. The summed E-state index contributed by atoms with van der Waals surface area (Å²) < 4.78 is 30.5. The number of imidazole rings is 1. The Morgan fingerprint density at radius 3 is 2.50 bits per heavy atom. The molecule has 0 amide bonds. The van der Waals surface area contributed by atoms with Crippen LogP contribution in [-0.4, -0.2) is 16.0 Å². The first-order valence-electron chi connectivity index (χ1n) is 6.13. The third-order valence-corrected chi connectivity index (χ3v) is 3.07. The molecule has 0 saturated heterocycles. The standard InChI is InChI=1S/C15H12F2N2O/c1-10-3-2-4-14-18-13(9-19(10)14)11-5-7-12(8-6-11)20-15(16)17/h2-9,15H,1H3. The number of ether oxygens (including phenoxy) is 1. The van der Waals surface area contributed by atoms with Gasteiger partial charge in [0.25, 0.3) is 0 Å². The monoisotopic (exact) mass is 274 g/mol. The van der Waals surface area contributed by atoms with Crippen LogP contribution in [0.2, 0.25) is 0 Å². The molecule has 5 heteroatoms. The maximum atomic E-state index is 12.1. The van der Waals surface area contributed by atoms with Crippen LogP contribution < -0.4 is 4.74 Å². The fourth-order valence-electron chi connectivity index (χ4n) is 2.09. The Hall–Kier alpha value is -2.43. The fourth-order valence-corrected chi connectivity index (χ4v) is 2.09. The van der Waals surface area contributed by atoms with E-state index in [1.165, 1.54) is 12.1 Å². The van der Waals surface area contributed by atoms with Crippen LogP contribution in [0.4, 0.5) is 8.78 Å². The van der Waals surface area contributed by atoms with Crippen molar-refractivity contribution in [2.24, 2.45) is 0 Å². The van der Waals surface area contributed by atoms with E-state index in [2.05, 4.69) is 9.72 Å². The number of benzene rings is 1. The number of hydrogen-bond acceptors (Lipinski definition) is 2. The third kappa shape index (κ3) is 2.34. The van der Waals surface area contributed by atoms with Gasteiger partial charge in [-0.2, -0.15) is 8.78 Å². The first-order chi connectivity index (χ1) is 9.63. The molecular formula is C15H12F2N2O. The van der Waals surface area contributed by atoms with Gasteiger partial charge < -0.3 is 9.14 Å². The van der Waals surface area contributed by atoms with Crippen molar-refractivity contribution in [3.05, 3.63) is 54.4 Å². The van der Waals surface area contributed by atoms with Gasteiger partial charge in [0.2, 0.25) is 0 Å². The first kappa shape index (κ1) is 12.6. The predicted molar refractivity (Wildman–Crippen MR) is 72.0 cm³/mol. The molecule has 3 nitrogen and oxygen atoms in total. The SMILES string of the molecule is Cc1cccc2nc(-c3ccc(OC(F)F)cc3)cn12. The molecule has 0 unspecified atom stereocenters. The Kier molecular flexibility index (Phi) is 3.10. The molecule has 0 aliphatic rings. The number of halogens is 2. The summed E-state index contributed by atoms with van der Waals surface area (Å²) >= 11 is 0. The third-order valence-electron chi connectivity index (χ3n) is 3.07. The molecule has 0 aliphatic heterocycles. The first-order valence-corrected chi connectivity index (χ1v) is 6.13. The summed E-state index contributed by atoms with van der Waals surface area (Å²) in [5.74, 6) is 0.142. The lowest BCUT2D eigenvalue weighted by atomic mass is 10.2. The van der Waals surface area contributed by atoms with Gasteiger partial charge in [0.05, 0.1) is 5.69 Å². The summed E-state index contributed by atoms with van der Waals surface area (Å²) in [6.45, 7) is -0.809. The van der Waals surface area contributed by atoms with Crippen molar-refractivity contribution < 1.29 is 13.5 Å². The molecule has 0 spiro atoms. The average Bonchev–Trinajstić information content (AvgIpc) is 2.84. The lowest BCUT2D eigenvalue weighted by Gasteiger charge is -2.04. The molecule has 102 valence electrons. The molecule has 2 heterocycles. The van der Waals surface area contributed by atoms with Gasteiger partial charge in [-0.3, -0.25) is 0 Å². The van der Waals surface area contributed by atoms with Crippen LogP contribution in [0.15, 0.2) is 48.7 Å². The summed E-state index contributed by atoms with van der Waals surface area (Å²) in [4.78, 5) is 4.51. The van der Waals surface area contributed by atoms with E-state index in [1.54, 1.807) is 12.1 Å². The van der Waals surface area contributed by atoms with Crippen molar-refractivity contribution in [1.29, 1.82) is 0 Å². The molecule has 0 aliphatic carbocycles. The van der Waals surface area contributed by atoms with Crippen LogP contribution in [0.3, 0.4) is 0 Å². The Bertz CT molecular complexity index is 735. The van der Waals surface area contributed by atoms with Crippen LogP contribution in [0.5, 0.6) is 5.75 Å². The second-order valence-electron chi connectivity index (χ2n) is 4.42. The van der Waals surface area contributed by atoms with Crippen LogP contribution in [0.1, 0.15) is 5.69 Å². The van der Waals surface area contributed by atoms with E-state index in [4.69, 9.17) is 0 Å². The molecule has 20 heavy (non-hydrogen) atoms. The molecule has 0 atom stereocenters. The van der Waals surface area contributed by atoms with Crippen molar-refractivity contribution >= 4 is 5.65 Å². The van der Waals surface area contributed by atoms with Gasteiger partial charge >= 0.3 is 6.61 Å². The molecule has 0 N–H and O–H groups in total. The predicted octanol–water partition coefficient (Wildman–Crippen LogP) is 3.91. The maximum Gasteiger partial charge on any atom is 0.387 e. The van der Waals surface area contributed by atoms with E-state index in [9.17, 15) is 8.78 Å². The van der Waals surface area contributed by atoms with Crippen molar-refractivity contribution in [2.45, 2.75) is 13.5 Å². The molecule has 0 fully saturated rings.